The van der Waals surface area contributed by atoms with Crippen molar-refractivity contribution in [1.29, 1.82) is 0 Å². The third-order valence-electron chi connectivity index (χ3n) is 3.67. The first-order valence-electron chi connectivity index (χ1n) is 7.35. The maximum atomic E-state index is 12.3. The SMILES string of the molecule is CCN(CC)C(=O)C(C)Nc1nnc(C)c2ccccc12. The summed E-state index contributed by atoms with van der Waals surface area (Å²) in [4.78, 5) is 14.1. The lowest BCUT2D eigenvalue weighted by atomic mass is 10.1. The van der Waals surface area contributed by atoms with Crippen molar-refractivity contribution in [1.82, 2.24) is 15.1 Å². The van der Waals surface area contributed by atoms with Crippen LogP contribution in [0.3, 0.4) is 0 Å². The van der Waals surface area contributed by atoms with E-state index in [0.717, 1.165) is 16.5 Å². The Morgan fingerprint density at radius 3 is 2.43 bits per heavy atom. The van der Waals surface area contributed by atoms with Crippen molar-refractivity contribution in [3.05, 3.63) is 30.0 Å². The van der Waals surface area contributed by atoms with Crippen LogP contribution in [0.1, 0.15) is 26.5 Å². The normalized spacial score (nSPS) is 12.2. The summed E-state index contributed by atoms with van der Waals surface area (Å²) < 4.78 is 0. The molecule has 0 aliphatic carbocycles. The Morgan fingerprint density at radius 2 is 1.81 bits per heavy atom. The number of benzene rings is 1. The lowest BCUT2D eigenvalue weighted by molar-refractivity contribution is -0.131. The van der Waals surface area contributed by atoms with Crippen LogP contribution in [-0.4, -0.2) is 40.1 Å². The maximum Gasteiger partial charge on any atom is 0.244 e. The quantitative estimate of drug-likeness (QED) is 0.918. The van der Waals surface area contributed by atoms with Crippen LogP contribution in [0.15, 0.2) is 24.3 Å². The van der Waals surface area contributed by atoms with Gasteiger partial charge in [0.1, 0.15) is 6.04 Å². The first kappa shape index (κ1) is 15.2. The molecule has 1 aromatic carbocycles. The maximum absolute atomic E-state index is 12.3. The van der Waals surface area contributed by atoms with Crippen LogP contribution in [0, 0.1) is 6.92 Å². The molecular weight excluding hydrogens is 264 g/mol. The molecule has 2 rings (SSSR count). The van der Waals surface area contributed by atoms with E-state index in [9.17, 15) is 4.79 Å². The minimum absolute atomic E-state index is 0.0754. The first-order chi connectivity index (χ1) is 10.1. The van der Waals surface area contributed by atoms with Gasteiger partial charge in [0.15, 0.2) is 5.82 Å². The van der Waals surface area contributed by atoms with E-state index in [4.69, 9.17) is 0 Å². The molecule has 21 heavy (non-hydrogen) atoms. The molecule has 0 bridgehead atoms. The minimum Gasteiger partial charge on any atom is -0.357 e. The minimum atomic E-state index is -0.328. The standard InChI is InChI=1S/C16H22N4O/c1-5-20(6-2)16(21)12(4)17-15-14-10-8-7-9-13(14)11(3)18-19-15/h7-10,12H,5-6H2,1-4H3,(H,17,19). The molecule has 1 atom stereocenters. The highest BCUT2D eigenvalue weighted by atomic mass is 16.2. The number of hydrogen-bond donors (Lipinski definition) is 1. The Morgan fingerprint density at radius 1 is 1.19 bits per heavy atom. The van der Waals surface area contributed by atoms with E-state index in [2.05, 4.69) is 15.5 Å². The Kier molecular flexibility index (Phi) is 4.73. The van der Waals surface area contributed by atoms with Crippen molar-refractivity contribution < 1.29 is 4.79 Å². The van der Waals surface area contributed by atoms with Crippen molar-refractivity contribution in [2.75, 3.05) is 18.4 Å². The van der Waals surface area contributed by atoms with Gasteiger partial charge in [-0.05, 0) is 27.7 Å². The van der Waals surface area contributed by atoms with Crippen molar-refractivity contribution >= 4 is 22.5 Å². The van der Waals surface area contributed by atoms with Crippen molar-refractivity contribution in [3.8, 4) is 0 Å². The van der Waals surface area contributed by atoms with Crippen molar-refractivity contribution in [2.45, 2.75) is 33.7 Å². The number of rotatable bonds is 5. The Hall–Kier alpha value is -2.17. The van der Waals surface area contributed by atoms with E-state index >= 15 is 0 Å². The number of anilines is 1. The zero-order valence-electron chi connectivity index (χ0n) is 13.1. The third-order valence-corrected chi connectivity index (χ3v) is 3.67. The molecule has 0 radical (unpaired) electrons. The zero-order chi connectivity index (χ0) is 15.4. The van der Waals surface area contributed by atoms with Crippen molar-refractivity contribution in [3.63, 3.8) is 0 Å². The first-order valence-corrected chi connectivity index (χ1v) is 7.35. The largest absolute Gasteiger partial charge is 0.357 e. The number of aromatic nitrogens is 2. The van der Waals surface area contributed by atoms with Crippen LogP contribution in [-0.2, 0) is 4.79 Å². The van der Waals surface area contributed by atoms with Gasteiger partial charge in [0.25, 0.3) is 0 Å². The predicted molar refractivity (Wildman–Crippen MR) is 85.3 cm³/mol. The average Bonchev–Trinajstić information content (AvgIpc) is 2.51. The molecule has 112 valence electrons. The van der Waals surface area contributed by atoms with E-state index in [1.165, 1.54) is 0 Å². The van der Waals surface area contributed by atoms with E-state index in [1.807, 2.05) is 56.9 Å². The summed E-state index contributed by atoms with van der Waals surface area (Å²) in [6, 6.07) is 7.62. The van der Waals surface area contributed by atoms with Crippen LogP contribution in [0.25, 0.3) is 10.8 Å². The second-order valence-electron chi connectivity index (χ2n) is 5.06. The number of fused-ring (bicyclic) bond motifs is 1. The molecule has 5 heteroatoms. The molecule has 1 heterocycles. The van der Waals surface area contributed by atoms with Gasteiger partial charge >= 0.3 is 0 Å². The molecule has 1 amide bonds. The number of aryl methyl sites for hydroxylation is 1. The summed E-state index contributed by atoms with van der Waals surface area (Å²) in [7, 11) is 0. The number of amides is 1. The van der Waals surface area contributed by atoms with Gasteiger partial charge < -0.3 is 10.2 Å². The van der Waals surface area contributed by atoms with Gasteiger partial charge in [0.05, 0.1) is 5.69 Å². The fourth-order valence-electron chi connectivity index (χ4n) is 2.42. The van der Waals surface area contributed by atoms with Crippen molar-refractivity contribution in [2.24, 2.45) is 0 Å². The second-order valence-corrected chi connectivity index (χ2v) is 5.06. The predicted octanol–water partition coefficient (Wildman–Crippen LogP) is 2.61. The van der Waals surface area contributed by atoms with E-state index in [-0.39, 0.29) is 11.9 Å². The van der Waals surface area contributed by atoms with Crippen LogP contribution in [0.5, 0.6) is 0 Å². The summed E-state index contributed by atoms with van der Waals surface area (Å²) in [5.41, 5.74) is 0.888. The molecule has 0 saturated heterocycles. The highest BCUT2D eigenvalue weighted by molar-refractivity contribution is 5.94. The number of nitrogens with zero attached hydrogens (tertiary/aromatic N) is 3. The van der Waals surface area contributed by atoms with Crippen LogP contribution >= 0.6 is 0 Å². The molecular formula is C16H22N4O. The molecule has 0 fully saturated rings. The lowest BCUT2D eigenvalue weighted by Crippen LogP contribution is -2.41. The monoisotopic (exact) mass is 286 g/mol. The fraction of sp³-hybridized carbons (Fsp3) is 0.438. The van der Waals surface area contributed by atoms with Gasteiger partial charge in [-0.15, -0.1) is 5.10 Å². The number of carbonyl (C=O) groups excluding carboxylic acids is 1. The topological polar surface area (TPSA) is 58.1 Å². The number of nitrogens with one attached hydrogen (secondary N) is 1. The molecule has 0 aliphatic rings. The Bertz CT molecular complexity index is 637. The van der Waals surface area contributed by atoms with E-state index in [1.54, 1.807) is 0 Å². The summed E-state index contributed by atoms with van der Waals surface area (Å²) in [6.45, 7) is 9.17. The molecule has 2 aromatic rings. The molecule has 0 saturated carbocycles. The summed E-state index contributed by atoms with van der Waals surface area (Å²) >= 11 is 0. The number of carbonyl (C=O) groups is 1. The molecule has 1 aromatic heterocycles. The summed E-state index contributed by atoms with van der Waals surface area (Å²) in [5.74, 6) is 0.732. The van der Waals surface area contributed by atoms with E-state index < -0.39 is 0 Å². The second kappa shape index (κ2) is 6.52. The highest BCUT2D eigenvalue weighted by Crippen LogP contribution is 2.22. The van der Waals surface area contributed by atoms with Gasteiger partial charge in [-0.3, -0.25) is 4.79 Å². The van der Waals surface area contributed by atoms with E-state index in [0.29, 0.717) is 18.9 Å². The van der Waals surface area contributed by atoms with Gasteiger partial charge in [-0.1, -0.05) is 24.3 Å². The van der Waals surface area contributed by atoms with Crippen LogP contribution < -0.4 is 5.32 Å². The molecule has 0 spiro atoms. The smallest absolute Gasteiger partial charge is 0.244 e. The number of hydrogen-bond acceptors (Lipinski definition) is 4. The summed E-state index contributed by atoms with van der Waals surface area (Å²) in [5, 5.41) is 13.6. The molecule has 5 nitrogen and oxygen atoms in total. The van der Waals surface area contributed by atoms with Gasteiger partial charge in [0, 0.05) is 23.9 Å². The fourth-order valence-corrected chi connectivity index (χ4v) is 2.42. The van der Waals surface area contributed by atoms with Gasteiger partial charge in [0.2, 0.25) is 5.91 Å². The van der Waals surface area contributed by atoms with Gasteiger partial charge in [-0.25, -0.2) is 0 Å². The van der Waals surface area contributed by atoms with Gasteiger partial charge in [-0.2, -0.15) is 5.10 Å². The zero-order valence-corrected chi connectivity index (χ0v) is 13.1. The van der Waals surface area contributed by atoms with Crippen LogP contribution in [0.2, 0.25) is 0 Å². The van der Waals surface area contributed by atoms with Crippen LogP contribution in [0.4, 0.5) is 5.82 Å². The molecule has 1 N–H and O–H groups in total. The Balaban J connectivity index is 2.28. The average molecular weight is 286 g/mol. The lowest BCUT2D eigenvalue weighted by Gasteiger charge is -2.24. The third kappa shape index (κ3) is 3.12. The Labute approximate surface area is 125 Å². The highest BCUT2D eigenvalue weighted by Gasteiger charge is 2.19. The molecule has 1 unspecified atom stereocenters. The number of likely N-dealkylation sites (N-methyl/N-ethyl adjacent to an activating group) is 1. The summed E-state index contributed by atoms with van der Waals surface area (Å²) in [6.07, 6.45) is 0. The molecule has 0 aliphatic heterocycles.